The zero-order valence-corrected chi connectivity index (χ0v) is 16.6. The number of nitrogens with one attached hydrogen (secondary N) is 1. The second-order valence-electron chi connectivity index (χ2n) is 6.83. The van der Waals surface area contributed by atoms with Crippen LogP contribution in [0.2, 0.25) is 0 Å². The summed E-state index contributed by atoms with van der Waals surface area (Å²) >= 11 is 5.16. The Kier molecular flexibility index (Phi) is 5.06. The fraction of sp³-hybridized carbons (Fsp3) is 0.529. The van der Waals surface area contributed by atoms with Crippen molar-refractivity contribution in [1.29, 1.82) is 0 Å². The summed E-state index contributed by atoms with van der Waals surface area (Å²) in [6.07, 6.45) is 0.425. The van der Waals surface area contributed by atoms with Gasteiger partial charge in [0.2, 0.25) is 5.91 Å². The highest BCUT2D eigenvalue weighted by Crippen LogP contribution is 2.32. The van der Waals surface area contributed by atoms with Crippen LogP contribution in [0, 0.1) is 33.6 Å². The summed E-state index contributed by atoms with van der Waals surface area (Å²) in [5.74, 6) is -0.183. The second-order valence-corrected chi connectivity index (χ2v) is 8.97. The highest BCUT2D eigenvalue weighted by Gasteiger charge is 2.45. The van der Waals surface area contributed by atoms with Crippen molar-refractivity contribution in [3.05, 3.63) is 28.3 Å². The van der Waals surface area contributed by atoms with Gasteiger partial charge in [0.1, 0.15) is 6.04 Å². The van der Waals surface area contributed by atoms with Gasteiger partial charge in [-0.3, -0.25) is 4.79 Å². The maximum Gasteiger partial charge on any atom is 0.267 e. The molecule has 7 heteroatoms. The molecule has 1 N–H and O–H groups in total. The third-order valence-corrected chi connectivity index (χ3v) is 7.02. The molecule has 2 rings (SSSR count). The molecule has 0 spiro atoms. The molecular weight excluding hydrogens is 344 g/mol. The van der Waals surface area contributed by atoms with Gasteiger partial charge in [-0.1, -0.05) is 19.9 Å². The van der Waals surface area contributed by atoms with Crippen molar-refractivity contribution < 1.29 is 13.2 Å². The molecule has 24 heavy (non-hydrogen) atoms. The lowest BCUT2D eigenvalue weighted by atomic mass is 10.0. The van der Waals surface area contributed by atoms with Gasteiger partial charge < -0.3 is 5.32 Å². The van der Waals surface area contributed by atoms with Crippen molar-refractivity contribution >= 4 is 33.3 Å². The Labute approximate surface area is 149 Å². The molecule has 0 aliphatic carbocycles. The summed E-state index contributed by atoms with van der Waals surface area (Å²) in [4.78, 5) is 12.5. The van der Waals surface area contributed by atoms with Crippen LogP contribution in [0.4, 0.5) is 0 Å². The first-order valence-corrected chi connectivity index (χ1v) is 9.80. The van der Waals surface area contributed by atoms with Crippen molar-refractivity contribution in [2.24, 2.45) is 5.92 Å². The molecule has 0 aromatic heterocycles. The molecular formula is C17H24N2O3S2. The number of amides is 1. The molecule has 1 atom stereocenters. The van der Waals surface area contributed by atoms with Crippen LogP contribution in [0.15, 0.2) is 11.0 Å². The highest BCUT2D eigenvalue weighted by molar-refractivity contribution is 7.91. The van der Waals surface area contributed by atoms with E-state index in [0.717, 1.165) is 15.4 Å². The maximum atomic E-state index is 13.4. The molecule has 0 unspecified atom stereocenters. The van der Waals surface area contributed by atoms with Crippen LogP contribution in [0.5, 0.6) is 0 Å². The lowest BCUT2D eigenvalue weighted by Gasteiger charge is -2.26. The molecule has 5 nitrogen and oxygen atoms in total. The average Bonchev–Trinajstić information content (AvgIpc) is 2.70. The van der Waals surface area contributed by atoms with Crippen LogP contribution >= 0.6 is 12.2 Å². The molecule has 1 aromatic carbocycles. The van der Waals surface area contributed by atoms with Gasteiger partial charge in [0, 0.05) is 0 Å². The Morgan fingerprint density at radius 1 is 1.17 bits per heavy atom. The number of carbonyl (C=O) groups excluding carboxylic acids is 1. The summed E-state index contributed by atoms with van der Waals surface area (Å²) in [6.45, 7) is 11.3. The van der Waals surface area contributed by atoms with Crippen LogP contribution < -0.4 is 5.32 Å². The zero-order chi connectivity index (χ0) is 18.4. The van der Waals surface area contributed by atoms with Gasteiger partial charge in [-0.15, -0.1) is 0 Å². The molecule has 0 radical (unpaired) electrons. The number of hydrogen-bond acceptors (Lipinski definition) is 4. The van der Waals surface area contributed by atoms with Crippen molar-refractivity contribution in [2.45, 2.75) is 58.9 Å². The highest BCUT2D eigenvalue weighted by atomic mass is 32.2. The molecule has 1 saturated heterocycles. The van der Waals surface area contributed by atoms with E-state index in [9.17, 15) is 13.2 Å². The van der Waals surface area contributed by atoms with Gasteiger partial charge in [0.25, 0.3) is 10.0 Å². The Bertz CT molecular complexity index is 787. The Morgan fingerprint density at radius 2 is 1.67 bits per heavy atom. The summed E-state index contributed by atoms with van der Waals surface area (Å²) < 4.78 is 27.8. The Morgan fingerprint density at radius 3 is 2.12 bits per heavy atom. The van der Waals surface area contributed by atoms with Crippen molar-refractivity contribution in [2.75, 3.05) is 0 Å². The fourth-order valence-corrected chi connectivity index (χ4v) is 5.68. The number of carbonyl (C=O) groups is 1. The summed E-state index contributed by atoms with van der Waals surface area (Å²) in [6, 6.07) is 1.18. The third kappa shape index (κ3) is 3.07. The first kappa shape index (κ1) is 18.9. The second kappa shape index (κ2) is 6.44. The minimum atomic E-state index is -3.91. The van der Waals surface area contributed by atoms with E-state index in [2.05, 4.69) is 5.32 Å². The molecule has 132 valence electrons. The number of sulfonamides is 1. The molecule has 1 aromatic rings. The van der Waals surface area contributed by atoms with Gasteiger partial charge in [-0.2, -0.15) is 0 Å². The number of hydrogen-bond donors (Lipinski definition) is 1. The molecule has 1 heterocycles. The lowest BCUT2D eigenvalue weighted by Crippen LogP contribution is -2.41. The number of nitrogens with zero attached hydrogens (tertiary/aromatic N) is 1. The van der Waals surface area contributed by atoms with Gasteiger partial charge in [-0.05, 0) is 74.5 Å². The van der Waals surface area contributed by atoms with Crippen LogP contribution in [0.1, 0.15) is 42.5 Å². The first-order valence-electron chi connectivity index (χ1n) is 7.95. The van der Waals surface area contributed by atoms with E-state index in [1.54, 1.807) is 13.8 Å². The Balaban J connectivity index is 2.66. The minimum Gasteiger partial charge on any atom is -0.300 e. The van der Waals surface area contributed by atoms with E-state index in [4.69, 9.17) is 12.2 Å². The van der Waals surface area contributed by atoms with E-state index in [-0.39, 0.29) is 21.8 Å². The van der Waals surface area contributed by atoms with Crippen LogP contribution in [0.25, 0.3) is 0 Å². The van der Waals surface area contributed by atoms with Gasteiger partial charge in [-0.25, -0.2) is 12.7 Å². The summed E-state index contributed by atoms with van der Waals surface area (Å²) in [7, 11) is -3.91. The van der Waals surface area contributed by atoms with E-state index < -0.39 is 16.1 Å². The number of thiocarbonyl (C=S) groups is 1. The smallest absolute Gasteiger partial charge is 0.267 e. The van der Waals surface area contributed by atoms with Crippen molar-refractivity contribution in [3.8, 4) is 0 Å². The van der Waals surface area contributed by atoms with E-state index in [1.165, 1.54) is 0 Å². The zero-order valence-electron chi connectivity index (χ0n) is 14.9. The molecule has 0 saturated carbocycles. The summed E-state index contributed by atoms with van der Waals surface area (Å²) in [5, 5.41) is 2.47. The first-order chi connectivity index (χ1) is 11.0. The predicted molar refractivity (Wildman–Crippen MR) is 98.4 cm³/mol. The van der Waals surface area contributed by atoms with E-state index in [0.29, 0.717) is 17.5 Å². The summed E-state index contributed by atoms with van der Waals surface area (Å²) in [5.41, 5.74) is 3.20. The molecule has 0 bridgehead atoms. The standard InChI is InChI=1S/C17H24N2O3S2/c1-9(2)7-14-16(20)18-17(23)19(14)24(21,22)15-12(5)10(3)8-11(4)13(15)6/h8-9,14H,7H2,1-6H3,(H,18,20,23)/t14-/m1/s1. The Hall–Kier alpha value is -1.47. The topological polar surface area (TPSA) is 66.5 Å². The molecule has 1 aliphatic heterocycles. The van der Waals surface area contributed by atoms with Crippen LogP contribution in [-0.2, 0) is 14.8 Å². The third-order valence-electron chi connectivity index (χ3n) is 4.52. The molecule has 1 aliphatic rings. The predicted octanol–water partition coefficient (Wildman–Crippen LogP) is 2.74. The number of rotatable bonds is 4. The number of benzene rings is 1. The van der Waals surface area contributed by atoms with E-state index in [1.807, 2.05) is 33.8 Å². The maximum absolute atomic E-state index is 13.4. The monoisotopic (exact) mass is 368 g/mol. The van der Waals surface area contributed by atoms with Gasteiger partial charge >= 0.3 is 0 Å². The average molecular weight is 369 g/mol. The quantitative estimate of drug-likeness (QED) is 0.830. The van der Waals surface area contributed by atoms with Crippen LogP contribution in [0.3, 0.4) is 0 Å². The molecule has 1 amide bonds. The number of aryl methyl sites for hydroxylation is 2. The molecule has 1 fully saturated rings. The minimum absolute atomic E-state index is 0.0383. The normalized spacial score (nSPS) is 18.5. The lowest BCUT2D eigenvalue weighted by molar-refractivity contribution is -0.121. The van der Waals surface area contributed by atoms with Crippen molar-refractivity contribution in [1.82, 2.24) is 9.62 Å². The largest absolute Gasteiger partial charge is 0.300 e. The van der Waals surface area contributed by atoms with Crippen molar-refractivity contribution in [3.63, 3.8) is 0 Å². The van der Waals surface area contributed by atoms with Crippen LogP contribution in [-0.4, -0.2) is 29.8 Å². The SMILES string of the molecule is Cc1cc(C)c(C)c(S(=O)(=O)N2C(=S)NC(=O)[C@H]2CC(C)C)c1C. The fourth-order valence-electron chi connectivity index (χ4n) is 3.08. The van der Waals surface area contributed by atoms with Gasteiger partial charge in [0.15, 0.2) is 5.11 Å². The van der Waals surface area contributed by atoms with Gasteiger partial charge in [0.05, 0.1) is 4.90 Å². The van der Waals surface area contributed by atoms with E-state index >= 15 is 0 Å².